The molecule has 0 aliphatic carbocycles. The summed E-state index contributed by atoms with van der Waals surface area (Å²) in [6.45, 7) is 6.34. The number of furan rings is 1. The third-order valence-electron chi connectivity index (χ3n) is 7.18. The van der Waals surface area contributed by atoms with Crippen molar-refractivity contribution in [1.29, 1.82) is 0 Å². The molecule has 0 radical (unpaired) electrons. The minimum absolute atomic E-state index is 0.196. The highest BCUT2D eigenvalue weighted by Gasteiger charge is 2.18. The second kappa shape index (κ2) is 13.1. The van der Waals surface area contributed by atoms with Crippen molar-refractivity contribution in [2.75, 3.05) is 6.61 Å². The fourth-order valence-corrected chi connectivity index (χ4v) is 5.21. The highest BCUT2D eigenvalue weighted by molar-refractivity contribution is 6.31. The van der Waals surface area contributed by atoms with E-state index in [2.05, 4.69) is 11.7 Å². The van der Waals surface area contributed by atoms with E-state index in [1.807, 2.05) is 19.1 Å². The SMILES string of the molecule is C=CCc1cc(C=Nn2c(-c3cc4cc(Cl)ccc4o3)nc3ccccc3c2=O)cc(OCC)c1OCc1ccc(C(=O)O)cc1. The zero-order chi connectivity index (χ0) is 32.2. The van der Waals surface area contributed by atoms with E-state index in [1.54, 1.807) is 73.0 Å². The number of carboxylic acid groups (broad SMARTS) is 1. The molecule has 4 aromatic carbocycles. The summed E-state index contributed by atoms with van der Waals surface area (Å²) in [5.74, 6) is 0.626. The number of halogens is 1. The number of carbonyl (C=O) groups is 1. The third-order valence-corrected chi connectivity index (χ3v) is 7.41. The highest BCUT2D eigenvalue weighted by Crippen LogP contribution is 2.35. The van der Waals surface area contributed by atoms with Crippen LogP contribution >= 0.6 is 11.6 Å². The number of aromatic nitrogens is 2. The molecule has 2 heterocycles. The van der Waals surface area contributed by atoms with Crippen molar-refractivity contribution in [3.8, 4) is 23.1 Å². The van der Waals surface area contributed by atoms with E-state index in [9.17, 15) is 14.7 Å². The number of ether oxygens (including phenoxy) is 2. The van der Waals surface area contributed by atoms with Crippen LogP contribution in [-0.2, 0) is 13.0 Å². The summed E-state index contributed by atoms with van der Waals surface area (Å²) < 4.78 is 19.5. The average molecular weight is 634 g/mol. The van der Waals surface area contributed by atoms with Crippen molar-refractivity contribution < 1.29 is 23.8 Å². The van der Waals surface area contributed by atoms with Gasteiger partial charge in [-0.3, -0.25) is 4.79 Å². The van der Waals surface area contributed by atoms with Crippen LogP contribution in [0.5, 0.6) is 11.5 Å². The molecule has 10 heteroatoms. The van der Waals surface area contributed by atoms with Gasteiger partial charge in [-0.2, -0.15) is 9.78 Å². The first kappa shape index (κ1) is 30.4. The van der Waals surface area contributed by atoms with Crippen LogP contribution in [-0.4, -0.2) is 33.6 Å². The molecule has 6 aromatic rings. The van der Waals surface area contributed by atoms with Gasteiger partial charge in [0.05, 0.1) is 29.3 Å². The average Bonchev–Trinajstić information content (AvgIpc) is 3.47. The Morgan fingerprint density at radius 2 is 1.87 bits per heavy atom. The van der Waals surface area contributed by atoms with Crippen LogP contribution in [0.15, 0.2) is 112 Å². The number of aromatic carboxylic acids is 1. The van der Waals surface area contributed by atoms with Gasteiger partial charge in [-0.1, -0.05) is 41.9 Å². The van der Waals surface area contributed by atoms with E-state index >= 15 is 0 Å². The molecule has 0 spiro atoms. The summed E-state index contributed by atoms with van der Waals surface area (Å²) in [6.07, 6.45) is 3.79. The quantitative estimate of drug-likeness (QED) is 0.115. The first-order valence-corrected chi connectivity index (χ1v) is 14.8. The molecule has 0 aliphatic heterocycles. The van der Waals surface area contributed by atoms with Gasteiger partial charge in [0.25, 0.3) is 5.56 Å². The van der Waals surface area contributed by atoms with E-state index in [0.717, 1.165) is 16.5 Å². The van der Waals surface area contributed by atoms with E-state index in [1.165, 1.54) is 16.8 Å². The number of hydrogen-bond donors (Lipinski definition) is 1. The van der Waals surface area contributed by atoms with Crippen LogP contribution in [0.2, 0.25) is 5.02 Å². The van der Waals surface area contributed by atoms with Gasteiger partial charge in [-0.25, -0.2) is 9.78 Å². The maximum Gasteiger partial charge on any atom is 0.335 e. The molecule has 230 valence electrons. The molecule has 0 aliphatic rings. The molecular formula is C36H28ClN3O6. The standard InChI is InChI=1S/C36H28ClN3O6/c1-3-7-25-16-23(17-31(44-4-2)33(25)45-21-22-10-12-24(13-11-22)36(42)43)20-38-40-34(39-29-9-6-5-8-28(29)35(40)41)32-19-26-18-27(37)14-15-30(26)46-32/h3,5-6,8-20H,1,4,7,21H2,2H3,(H,42,43). The van der Waals surface area contributed by atoms with Crippen LogP contribution in [0, 0.1) is 0 Å². The fraction of sp³-hybridized carbons (Fsp3) is 0.111. The first-order valence-electron chi connectivity index (χ1n) is 14.5. The molecule has 0 saturated carbocycles. The Balaban J connectivity index is 1.40. The lowest BCUT2D eigenvalue weighted by atomic mass is 10.1. The maximum atomic E-state index is 13.7. The van der Waals surface area contributed by atoms with Gasteiger partial charge in [0.1, 0.15) is 12.2 Å². The summed E-state index contributed by atoms with van der Waals surface area (Å²) in [6, 6.07) is 24.3. The van der Waals surface area contributed by atoms with Crippen molar-refractivity contribution in [3.63, 3.8) is 0 Å². The largest absolute Gasteiger partial charge is 0.490 e. The summed E-state index contributed by atoms with van der Waals surface area (Å²) >= 11 is 6.19. The van der Waals surface area contributed by atoms with E-state index in [4.69, 9.17) is 30.5 Å². The maximum absolute atomic E-state index is 13.7. The van der Waals surface area contributed by atoms with Crippen molar-refractivity contribution >= 4 is 45.7 Å². The van der Waals surface area contributed by atoms with Crippen molar-refractivity contribution in [2.24, 2.45) is 5.10 Å². The molecule has 0 bridgehead atoms. The number of benzene rings is 4. The lowest BCUT2D eigenvalue weighted by Crippen LogP contribution is -2.20. The Morgan fingerprint density at radius 3 is 2.63 bits per heavy atom. The number of allylic oxidation sites excluding steroid dienone is 1. The number of carboxylic acids is 1. The molecule has 0 fully saturated rings. The molecule has 0 amide bonds. The molecule has 9 nitrogen and oxygen atoms in total. The molecule has 0 unspecified atom stereocenters. The van der Waals surface area contributed by atoms with E-state index in [-0.39, 0.29) is 23.6 Å². The lowest BCUT2D eigenvalue weighted by Gasteiger charge is -2.17. The van der Waals surface area contributed by atoms with Crippen LogP contribution in [0.3, 0.4) is 0 Å². The highest BCUT2D eigenvalue weighted by atomic mass is 35.5. The Labute approximate surface area is 268 Å². The van der Waals surface area contributed by atoms with Gasteiger partial charge >= 0.3 is 5.97 Å². The number of fused-ring (bicyclic) bond motifs is 2. The minimum Gasteiger partial charge on any atom is -0.490 e. The predicted molar refractivity (Wildman–Crippen MR) is 178 cm³/mol. The van der Waals surface area contributed by atoms with Crippen LogP contribution in [0.25, 0.3) is 33.5 Å². The molecule has 6 rings (SSSR count). The van der Waals surface area contributed by atoms with Crippen LogP contribution in [0.4, 0.5) is 0 Å². The van der Waals surface area contributed by atoms with Crippen molar-refractivity contribution in [2.45, 2.75) is 20.0 Å². The summed E-state index contributed by atoms with van der Waals surface area (Å²) in [5, 5.41) is 15.5. The Kier molecular flexibility index (Phi) is 8.67. The molecule has 46 heavy (non-hydrogen) atoms. The Hall–Kier alpha value is -5.67. The number of nitrogens with zero attached hydrogens (tertiary/aromatic N) is 3. The molecular weight excluding hydrogens is 606 g/mol. The number of para-hydroxylation sites is 1. The summed E-state index contributed by atoms with van der Waals surface area (Å²) in [7, 11) is 0. The summed E-state index contributed by atoms with van der Waals surface area (Å²) in [5.41, 5.74) is 3.19. The zero-order valence-electron chi connectivity index (χ0n) is 24.8. The Morgan fingerprint density at radius 1 is 1.07 bits per heavy atom. The smallest absolute Gasteiger partial charge is 0.335 e. The summed E-state index contributed by atoms with van der Waals surface area (Å²) in [4.78, 5) is 29.7. The van der Waals surface area contributed by atoms with E-state index in [0.29, 0.717) is 57.4 Å². The van der Waals surface area contributed by atoms with Crippen molar-refractivity contribution in [3.05, 3.63) is 135 Å². The zero-order valence-corrected chi connectivity index (χ0v) is 25.5. The molecule has 2 aromatic heterocycles. The fourth-order valence-electron chi connectivity index (χ4n) is 5.03. The van der Waals surface area contributed by atoms with Gasteiger partial charge in [0.15, 0.2) is 17.3 Å². The van der Waals surface area contributed by atoms with Crippen LogP contribution in [0.1, 0.15) is 34.0 Å². The van der Waals surface area contributed by atoms with E-state index < -0.39 is 5.97 Å². The first-order chi connectivity index (χ1) is 22.3. The monoisotopic (exact) mass is 633 g/mol. The third kappa shape index (κ3) is 6.27. The lowest BCUT2D eigenvalue weighted by molar-refractivity contribution is 0.0697. The van der Waals surface area contributed by atoms with Gasteiger partial charge in [0.2, 0.25) is 5.82 Å². The predicted octanol–water partition coefficient (Wildman–Crippen LogP) is 7.75. The van der Waals surface area contributed by atoms with Gasteiger partial charge in [-0.15, -0.1) is 6.58 Å². The topological polar surface area (TPSA) is 116 Å². The van der Waals surface area contributed by atoms with Crippen LogP contribution < -0.4 is 15.0 Å². The Bertz CT molecular complexity index is 2180. The number of hydrogen-bond acceptors (Lipinski definition) is 7. The normalized spacial score (nSPS) is 11.3. The minimum atomic E-state index is -0.993. The number of rotatable bonds is 11. The van der Waals surface area contributed by atoms with Gasteiger partial charge < -0.3 is 19.0 Å². The molecule has 0 saturated heterocycles. The van der Waals surface area contributed by atoms with Crippen molar-refractivity contribution in [1.82, 2.24) is 9.66 Å². The van der Waals surface area contributed by atoms with Gasteiger partial charge in [0, 0.05) is 16.0 Å². The second-order valence-corrected chi connectivity index (χ2v) is 10.8. The molecule has 0 atom stereocenters. The second-order valence-electron chi connectivity index (χ2n) is 10.3. The van der Waals surface area contributed by atoms with Gasteiger partial charge in [-0.05, 0) is 85.1 Å². The molecule has 1 N–H and O–H groups in total.